The van der Waals surface area contributed by atoms with Crippen LogP contribution in [0.5, 0.6) is 0 Å². The number of piperazine rings is 1. The minimum atomic E-state index is -4.50. The number of hydrogen-bond donors (Lipinski definition) is 1. The lowest BCUT2D eigenvalue weighted by Gasteiger charge is -2.38. The van der Waals surface area contributed by atoms with Crippen LogP contribution >= 0.6 is 0 Å². The summed E-state index contributed by atoms with van der Waals surface area (Å²) in [4.78, 5) is 14.9. The van der Waals surface area contributed by atoms with Gasteiger partial charge < -0.3 is 15.5 Å². The first kappa shape index (κ1) is 21.2. The Morgan fingerprint density at radius 3 is 2.52 bits per heavy atom. The molecule has 1 fully saturated rings. The molecule has 0 aliphatic carbocycles. The summed E-state index contributed by atoms with van der Waals surface area (Å²) in [5, 5.41) is 4.68. The Morgan fingerprint density at radius 2 is 1.86 bits per heavy atom. The summed E-state index contributed by atoms with van der Waals surface area (Å²) in [5.41, 5.74) is 5.69. The van der Waals surface area contributed by atoms with Crippen molar-refractivity contribution in [2.45, 2.75) is 31.2 Å². The molecule has 0 radical (unpaired) electrons. The maximum absolute atomic E-state index is 13.7. The first-order chi connectivity index (χ1) is 13.5. The zero-order chi connectivity index (χ0) is 21.5. The van der Waals surface area contributed by atoms with Crippen molar-refractivity contribution < 1.29 is 31.1 Å². The minimum absolute atomic E-state index is 0.0462. The van der Waals surface area contributed by atoms with Crippen molar-refractivity contribution >= 4 is 11.7 Å². The molecular formula is C17H19F6N5O. The van der Waals surface area contributed by atoms with E-state index in [1.165, 1.54) is 11.9 Å². The molecule has 2 heterocycles. The van der Waals surface area contributed by atoms with Gasteiger partial charge in [-0.05, 0) is 18.1 Å². The lowest BCUT2D eigenvalue weighted by Crippen LogP contribution is -2.58. The van der Waals surface area contributed by atoms with Crippen molar-refractivity contribution in [2.24, 2.45) is 10.8 Å². The third-order valence-corrected chi connectivity index (χ3v) is 4.85. The van der Waals surface area contributed by atoms with Crippen molar-refractivity contribution in [3.8, 4) is 0 Å². The normalized spacial score (nSPS) is 20.6. The minimum Gasteiger partial charge on any atom is -0.333 e. The number of amides is 1. The first-order valence-electron chi connectivity index (χ1n) is 8.77. The van der Waals surface area contributed by atoms with Crippen molar-refractivity contribution in [1.29, 1.82) is 0 Å². The van der Waals surface area contributed by atoms with Crippen molar-refractivity contribution in [3.05, 3.63) is 35.1 Å². The molecule has 2 atom stereocenters. The van der Waals surface area contributed by atoms with Gasteiger partial charge in [-0.3, -0.25) is 9.80 Å². The van der Waals surface area contributed by atoms with Gasteiger partial charge in [0.25, 0.3) is 0 Å². The molecule has 0 spiro atoms. The van der Waals surface area contributed by atoms with Crippen LogP contribution in [0.4, 0.5) is 26.3 Å². The lowest BCUT2D eigenvalue weighted by molar-refractivity contribution is -0.205. The van der Waals surface area contributed by atoms with Crippen molar-refractivity contribution in [3.63, 3.8) is 0 Å². The van der Waals surface area contributed by atoms with Crippen LogP contribution < -0.4 is 5.73 Å². The van der Waals surface area contributed by atoms with Gasteiger partial charge in [-0.15, -0.1) is 0 Å². The van der Waals surface area contributed by atoms with Gasteiger partial charge in [0.2, 0.25) is 12.1 Å². The molecule has 0 bridgehead atoms. The van der Waals surface area contributed by atoms with Gasteiger partial charge >= 0.3 is 6.18 Å². The number of amidine groups is 1. The Balaban J connectivity index is 1.60. The number of fused-ring (bicyclic) bond motifs is 1. The lowest BCUT2D eigenvalue weighted by atomic mass is 10.0. The number of hydrogen-bond acceptors (Lipinski definition) is 5. The van der Waals surface area contributed by atoms with Crippen molar-refractivity contribution in [2.75, 3.05) is 26.7 Å². The van der Waals surface area contributed by atoms with Gasteiger partial charge in [-0.1, -0.05) is 0 Å². The summed E-state index contributed by atoms with van der Waals surface area (Å²) in [6.07, 6.45) is -6.80. The van der Waals surface area contributed by atoms with Gasteiger partial charge in [-0.25, -0.2) is 13.2 Å². The predicted molar refractivity (Wildman–Crippen MR) is 90.9 cm³/mol. The molecule has 1 aromatic carbocycles. The van der Waals surface area contributed by atoms with E-state index in [0.29, 0.717) is 12.1 Å². The highest BCUT2D eigenvalue weighted by atomic mass is 19.4. The molecule has 1 saturated heterocycles. The van der Waals surface area contributed by atoms with Gasteiger partial charge in [0.15, 0.2) is 11.6 Å². The summed E-state index contributed by atoms with van der Waals surface area (Å²) in [5.74, 6) is -3.84. The van der Waals surface area contributed by atoms with Crippen LogP contribution in [-0.4, -0.2) is 71.6 Å². The number of nitrogens with two attached hydrogens (primary N) is 1. The van der Waals surface area contributed by atoms with E-state index in [1.54, 1.807) is 0 Å². The monoisotopic (exact) mass is 423 g/mol. The molecule has 12 heteroatoms. The van der Waals surface area contributed by atoms with E-state index in [4.69, 9.17) is 5.73 Å². The number of hydrazone groups is 1. The summed E-state index contributed by atoms with van der Waals surface area (Å²) >= 11 is 0. The fraction of sp³-hybridized carbons (Fsp3) is 0.529. The van der Waals surface area contributed by atoms with E-state index in [0.717, 1.165) is 9.91 Å². The first-order valence-corrected chi connectivity index (χ1v) is 8.77. The van der Waals surface area contributed by atoms with Crippen LogP contribution in [0.2, 0.25) is 0 Å². The SMILES string of the molecule is CN1N=C2CN(C(=O)C[C@H](N)Cc3cc(F)c(F)cc3F)CCN2C1C(F)(F)F. The van der Waals surface area contributed by atoms with E-state index in [1.807, 2.05) is 0 Å². The third kappa shape index (κ3) is 4.41. The quantitative estimate of drug-likeness (QED) is 0.591. The Kier molecular flexibility index (Phi) is 5.65. The summed E-state index contributed by atoms with van der Waals surface area (Å²) < 4.78 is 79.5. The average Bonchev–Trinajstić information content (AvgIpc) is 2.94. The van der Waals surface area contributed by atoms with Crippen LogP contribution in [0.25, 0.3) is 0 Å². The van der Waals surface area contributed by atoms with Crippen molar-refractivity contribution in [1.82, 2.24) is 14.8 Å². The van der Waals surface area contributed by atoms with E-state index in [9.17, 15) is 31.1 Å². The zero-order valence-corrected chi connectivity index (χ0v) is 15.4. The molecule has 0 saturated carbocycles. The highest BCUT2D eigenvalue weighted by Crippen LogP contribution is 2.32. The summed E-state index contributed by atoms with van der Waals surface area (Å²) in [6, 6.07) is 0.217. The molecule has 3 rings (SSSR count). The second-order valence-corrected chi connectivity index (χ2v) is 7.04. The second kappa shape index (κ2) is 7.73. The number of alkyl halides is 3. The molecule has 6 nitrogen and oxygen atoms in total. The summed E-state index contributed by atoms with van der Waals surface area (Å²) in [6.45, 7) is -0.112. The van der Waals surface area contributed by atoms with Crippen LogP contribution in [0, 0.1) is 17.5 Å². The molecule has 1 amide bonds. The van der Waals surface area contributed by atoms with E-state index in [-0.39, 0.29) is 43.9 Å². The third-order valence-electron chi connectivity index (χ3n) is 4.85. The fourth-order valence-electron chi connectivity index (χ4n) is 3.52. The molecule has 160 valence electrons. The van der Waals surface area contributed by atoms with Crippen LogP contribution in [-0.2, 0) is 11.2 Å². The smallest absolute Gasteiger partial charge is 0.333 e. The largest absolute Gasteiger partial charge is 0.429 e. The standard InChI is InChI=1S/C17H19F6N5O/c1-26-16(17(21,22)23)28-3-2-27(8-14(28)25-26)15(29)6-10(24)4-9-5-12(19)13(20)7-11(9)18/h5,7,10,16H,2-4,6,8,24H2,1H3/t10-,16?/m1/s1. The van der Waals surface area contributed by atoms with Gasteiger partial charge in [0, 0.05) is 38.7 Å². The predicted octanol–water partition coefficient (Wildman–Crippen LogP) is 1.66. The van der Waals surface area contributed by atoms with Gasteiger partial charge in [0.1, 0.15) is 11.7 Å². The van der Waals surface area contributed by atoms with Gasteiger partial charge in [-0.2, -0.15) is 18.3 Å². The maximum atomic E-state index is 13.7. The zero-order valence-electron chi connectivity index (χ0n) is 15.4. The number of halogens is 6. The second-order valence-electron chi connectivity index (χ2n) is 7.04. The van der Waals surface area contributed by atoms with E-state index in [2.05, 4.69) is 5.10 Å². The molecular weight excluding hydrogens is 404 g/mol. The number of carbonyl (C=O) groups excluding carboxylic acids is 1. The molecule has 29 heavy (non-hydrogen) atoms. The molecule has 0 aromatic heterocycles. The van der Waals surface area contributed by atoms with E-state index >= 15 is 0 Å². The molecule has 2 aliphatic rings. The highest BCUT2D eigenvalue weighted by Gasteiger charge is 2.52. The fourth-order valence-corrected chi connectivity index (χ4v) is 3.52. The van der Waals surface area contributed by atoms with Crippen LogP contribution in [0.1, 0.15) is 12.0 Å². The molecule has 1 unspecified atom stereocenters. The Bertz CT molecular complexity index is 829. The molecule has 1 aromatic rings. The Hall–Kier alpha value is -2.50. The number of nitrogens with zero attached hydrogens (tertiary/aromatic N) is 4. The molecule has 2 aliphatic heterocycles. The van der Waals surface area contributed by atoms with Crippen LogP contribution in [0.3, 0.4) is 0 Å². The van der Waals surface area contributed by atoms with Crippen LogP contribution in [0.15, 0.2) is 17.2 Å². The summed E-state index contributed by atoms with van der Waals surface area (Å²) in [7, 11) is 1.21. The number of benzene rings is 1. The number of rotatable bonds is 4. The Morgan fingerprint density at radius 1 is 1.21 bits per heavy atom. The molecule has 2 N–H and O–H groups in total. The highest BCUT2D eigenvalue weighted by molar-refractivity contribution is 5.90. The number of carbonyl (C=O) groups is 1. The Labute approximate surface area is 162 Å². The van der Waals surface area contributed by atoms with E-state index < -0.39 is 41.7 Å². The van der Waals surface area contributed by atoms with Gasteiger partial charge in [0.05, 0.1) is 6.54 Å². The maximum Gasteiger partial charge on any atom is 0.429 e. The topological polar surface area (TPSA) is 65.2 Å². The average molecular weight is 423 g/mol.